The van der Waals surface area contributed by atoms with Crippen LogP contribution in [0, 0.1) is 5.92 Å². The van der Waals surface area contributed by atoms with E-state index < -0.39 is 0 Å². The number of nitrogens with one attached hydrogen (secondary N) is 2. The van der Waals surface area contributed by atoms with E-state index in [-0.39, 0.29) is 5.91 Å². The van der Waals surface area contributed by atoms with E-state index in [4.69, 9.17) is 0 Å². The highest BCUT2D eigenvalue weighted by atomic mass is 16.1. The molecule has 1 amide bonds. The normalized spacial score (nSPS) is 19.7. The Balaban J connectivity index is 1.51. The number of carbonyl (C=O) groups is 1. The van der Waals surface area contributed by atoms with Crippen molar-refractivity contribution < 1.29 is 4.79 Å². The van der Waals surface area contributed by atoms with Crippen LogP contribution in [0.25, 0.3) is 16.9 Å². The molecule has 9 heteroatoms. The standard InChI is InChI=1S/C22H24N8O/c31-20-4-2-1-3-15-9-10-23-13-17(11-15)26-22-25-14-19-21(27-22)30(29-28-19)18-7-5-16(6-8-18)12-24-20/h5-8,11,13-15H,1-4,9-10,12H2,(H,24,31)(H,25,26,27). The van der Waals surface area contributed by atoms with Crippen LogP contribution in [0.1, 0.15) is 37.7 Å². The summed E-state index contributed by atoms with van der Waals surface area (Å²) in [5.41, 5.74) is 4.01. The maximum Gasteiger partial charge on any atom is 0.229 e. The number of aromatic nitrogens is 5. The van der Waals surface area contributed by atoms with E-state index in [1.807, 2.05) is 30.5 Å². The molecule has 1 atom stereocenters. The molecule has 1 unspecified atom stereocenters. The van der Waals surface area contributed by atoms with Gasteiger partial charge in [-0.15, -0.1) is 5.10 Å². The molecule has 0 saturated heterocycles. The van der Waals surface area contributed by atoms with Gasteiger partial charge < -0.3 is 10.6 Å². The Morgan fingerprint density at radius 2 is 2.00 bits per heavy atom. The molecule has 0 aliphatic carbocycles. The highest BCUT2D eigenvalue weighted by molar-refractivity contribution is 5.83. The lowest BCUT2D eigenvalue weighted by molar-refractivity contribution is -0.121. The summed E-state index contributed by atoms with van der Waals surface area (Å²) in [6.45, 7) is 1.30. The van der Waals surface area contributed by atoms with Gasteiger partial charge in [0.1, 0.15) is 0 Å². The van der Waals surface area contributed by atoms with Crippen molar-refractivity contribution in [3.63, 3.8) is 0 Å². The minimum atomic E-state index is 0.0911. The number of nitrogens with zero attached hydrogens (tertiary/aromatic N) is 6. The third-order valence-electron chi connectivity index (χ3n) is 5.62. The maximum atomic E-state index is 12.2. The van der Waals surface area contributed by atoms with Gasteiger partial charge in [0, 0.05) is 25.7 Å². The molecule has 0 saturated carbocycles. The van der Waals surface area contributed by atoms with Crippen molar-refractivity contribution in [1.82, 2.24) is 30.3 Å². The number of benzene rings is 1. The van der Waals surface area contributed by atoms with E-state index in [1.54, 1.807) is 10.9 Å². The highest BCUT2D eigenvalue weighted by Crippen LogP contribution is 2.21. The molecule has 2 N–H and O–H groups in total. The fraction of sp³-hybridized carbons (Fsp3) is 0.364. The second kappa shape index (κ2) is 8.63. The number of rotatable bonds is 0. The monoisotopic (exact) mass is 416 g/mol. The number of fused-ring (bicyclic) bond motifs is 8. The molecule has 1 aromatic carbocycles. The second-order valence-corrected chi connectivity index (χ2v) is 7.92. The molecule has 0 radical (unpaired) electrons. The SMILES string of the molecule is O=C1CCCCC2C=C(C=NCC2)Nc2ncc3nnn(c3n2)-c2ccc(cc2)CN1. The Bertz CT molecular complexity index is 1150. The molecule has 31 heavy (non-hydrogen) atoms. The van der Waals surface area contributed by atoms with Crippen molar-refractivity contribution >= 4 is 29.2 Å². The van der Waals surface area contributed by atoms with Crippen molar-refractivity contribution in [2.24, 2.45) is 10.9 Å². The summed E-state index contributed by atoms with van der Waals surface area (Å²) in [5.74, 6) is 0.980. The van der Waals surface area contributed by atoms with E-state index >= 15 is 0 Å². The van der Waals surface area contributed by atoms with Crippen LogP contribution < -0.4 is 10.6 Å². The summed E-state index contributed by atoms with van der Waals surface area (Å²) in [6, 6.07) is 7.85. The van der Waals surface area contributed by atoms with E-state index in [0.717, 1.165) is 49.2 Å². The van der Waals surface area contributed by atoms with Crippen LogP contribution in [0.4, 0.5) is 5.95 Å². The van der Waals surface area contributed by atoms with Gasteiger partial charge in [0.2, 0.25) is 11.9 Å². The molecule has 3 aliphatic rings. The van der Waals surface area contributed by atoms with Gasteiger partial charge in [-0.2, -0.15) is 9.67 Å². The van der Waals surface area contributed by atoms with Crippen LogP contribution >= 0.6 is 0 Å². The molecule has 0 spiro atoms. The Labute approximate surface area is 179 Å². The molecule has 158 valence electrons. The molecular formula is C22H24N8O. The Morgan fingerprint density at radius 3 is 2.90 bits per heavy atom. The van der Waals surface area contributed by atoms with Crippen LogP contribution in [-0.2, 0) is 11.3 Å². The van der Waals surface area contributed by atoms with Crippen molar-refractivity contribution in [2.75, 3.05) is 11.9 Å². The van der Waals surface area contributed by atoms with Gasteiger partial charge in [0.25, 0.3) is 0 Å². The number of hydrogen-bond donors (Lipinski definition) is 2. The molecule has 5 heterocycles. The highest BCUT2D eigenvalue weighted by Gasteiger charge is 2.14. The summed E-state index contributed by atoms with van der Waals surface area (Å²) >= 11 is 0. The van der Waals surface area contributed by atoms with Gasteiger partial charge in [-0.05, 0) is 42.9 Å². The van der Waals surface area contributed by atoms with Crippen LogP contribution in [-0.4, -0.2) is 43.6 Å². The van der Waals surface area contributed by atoms with Gasteiger partial charge in [-0.3, -0.25) is 9.79 Å². The summed E-state index contributed by atoms with van der Waals surface area (Å²) in [7, 11) is 0. The van der Waals surface area contributed by atoms with Crippen molar-refractivity contribution in [2.45, 2.75) is 38.6 Å². The minimum Gasteiger partial charge on any atom is -0.352 e. The molecule has 9 nitrogen and oxygen atoms in total. The second-order valence-electron chi connectivity index (χ2n) is 7.92. The Morgan fingerprint density at radius 1 is 1.10 bits per heavy atom. The minimum absolute atomic E-state index is 0.0911. The molecule has 2 aromatic heterocycles. The summed E-state index contributed by atoms with van der Waals surface area (Å²) < 4.78 is 1.69. The zero-order chi connectivity index (χ0) is 21.0. The zero-order valence-electron chi connectivity index (χ0n) is 17.2. The number of amides is 1. The first-order chi connectivity index (χ1) is 15.2. The first kappa shape index (κ1) is 19.3. The van der Waals surface area contributed by atoms with Crippen LogP contribution in [0.15, 0.2) is 47.2 Å². The fourth-order valence-corrected chi connectivity index (χ4v) is 3.91. The van der Waals surface area contributed by atoms with Crippen molar-refractivity contribution in [1.29, 1.82) is 0 Å². The summed E-state index contributed by atoms with van der Waals surface area (Å²) in [4.78, 5) is 25.7. The predicted octanol–water partition coefficient (Wildman–Crippen LogP) is 2.79. The first-order valence-corrected chi connectivity index (χ1v) is 10.7. The lowest BCUT2D eigenvalue weighted by atomic mass is 9.97. The average molecular weight is 416 g/mol. The molecule has 6 rings (SSSR count). The maximum absolute atomic E-state index is 12.2. The topological polar surface area (TPSA) is 110 Å². The van der Waals surface area contributed by atoms with E-state index in [0.29, 0.717) is 36.0 Å². The largest absolute Gasteiger partial charge is 0.352 e. The lowest BCUT2D eigenvalue weighted by Gasteiger charge is -2.12. The van der Waals surface area contributed by atoms with Crippen LogP contribution in [0.3, 0.4) is 0 Å². The van der Waals surface area contributed by atoms with Crippen LogP contribution in [0.5, 0.6) is 0 Å². The fourth-order valence-electron chi connectivity index (χ4n) is 3.91. The van der Waals surface area contributed by atoms with E-state index in [2.05, 4.69) is 42.0 Å². The van der Waals surface area contributed by atoms with Crippen molar-refractivity contribution in [3.05, 3.63) is 47.8 Å². The number of allylic oxidation sites excluding steroid dienone is 2. The first-order valence-electron chi connectivity index (χ1n) is 10.7. The smallest absolute Gasteiger partial charge is 0.229 e. The molecule has 3 aliphatic heterocycles. The predicted molar refractivity (Wildman–Crippen MR) is 118 cm³/mol. The Hall–Kier alpha value is -3.62. The number of anilines is 1. The van der Waals surface area contributed by atoms with Crippen molar-refractivity contribution in [3.8, 4) is 5.69 Å². The Kier molecular flexibility index (Phi) is 5.39. The average Bonchev–Trinajstić information content (AvgIpc) is 3.07. The molecule has 3 aromatic rings. The third kappa shape index (κ3) is 4.45. The van der Waals surface area contributed by atoms with Gasteiger partial charge in [0.05, 0.1) is 17.6 Å². The number of hydrogen-bond acceptors (Lipinski definition) is 7. The van der Waals surface area contributed by atoms with Gasteiger partial charge in [-0.25, -0.2) is 4.98 Å². The number of aliphatic imine (C=N–C) groups is 1. The number of carbonyl (C=O) groups excluding carboxylic acids is 1. The molecule has 0 fully saturated rings. The third-order valence-corrected chi connectivity index (χ3v) is 5.62. The van der Waals surface area contributed by atoms with E-state index in [9.17, 15) is 4.79 Å². The van der Waals surface area contributed by atoms with E-state index in [1.165, 1.54) is 0 Å². The van der Waals surface area contributed by atoms with Gasteiger partial charge in [0.15, 0.2) is 11.2 Å². The zero-order valence-corrected chi connectivity index (χ0v) is 17.2. The molecular weight excluding hydrogens is 392 g/mol. The van der Waals surface area contributed by atoms with Gasteiger partial charge >= 0.3 is 0 Å². The van der Waals surface area contributed by atoms with Gasteiger partial charge in [-0.1, -0.05) is 29.8 Å². The lowest BCUT2D eigenvalue weighted by Crippen LogP contribution is -2.22. The van der Waals surface area contributed by atoms with Crippen LogP contribution in [0.2, 0.25) is 0 Å². The quantitative estimate of drug-likeness (QED) is 0.583. The summed E-state index contributed by atoms with van der Waals surface area (Å²) in [6.07, 6.45) is 10.2. The summed E-state index contributed by atoms with van der Waals surface area (Å²) in [5, 5.41) is 14.7. The molecule has 6 bridgehead atoms.